The predicted molar refractivity (Wildman–Crippen MR) is 91.2 cm³/mol. The van der Waals surface area contributed by atoms with Crippen molar-refractivity contribution >= 4 is 5.91 Å². The molecule has 0 spiro atoms. The van der Waals surface area contributed by atoms with Crippen LogP contribution >= 0.6 is 0 Å². The molecule has 5 heteroatoms. The van der Waals surface area contributed by atoms with Crippen LogP contribution in [0.5, 0.6) is 5.75 Å². The van der Waals surface area contributed by atoms with Crippen LogP contribution in [0.25, 0.3) is 0 Å². The highest BCUT2D eigenvalue weighted by molar-refractivity contribution is 5.97. The van der Waals surface area contributed by atoms with Crippen LogP contribution in [0, 0.1) is 0 Å². The molecular weight excluding hydrogens is 290 g/mol. The van der Waals surface area contributed by atoms with E-state index in [0.29, 0.717) is 6.61 Å². The Labute approximate surface area is 138 Å². The first-order valence-electron chi connectivity index (χ1n) is 8.55. The highest BCUT2D eigenvalue weighted by Gasteiger charge is 2.21. The van der Waals surface area contributed by atoms with E-state index in [2.05, 4.69) is 16.8 Å². The molecule has 3 rings (SSSR count). The monoisotopic (exact) mass is 317 g/mol. The number of hydrogen-bond donors (Lipinski definition) is 0. The quantitative estimate of drug-likeness (QED) is 0.768. The van der Waals surface area contributed by atoms with Crippen molar-refractivity contribution in [2.24, 2.45) is 0 Å². The van der Waals surface area contributed by atoms with Gasteiger partial charge in [0.15, 0.2) is 0 Å². The lowest BCUT2D eigenvalue weighted by molar-refractivity contribution is 0.0780. The molecule has 2 aliphatic heterocycles. The first-order chi connectivity index (χ1) is 11.1. The number of fused-ring (bicyclic) bond motifs is 1. The largest absolute Gasteiger partial charge is 0.494 e. The second-order valence-corrected chi connectivity index (χ2v) is 6.64. The lowest BCUT2D eigenvalue weighted by Crippen LogP contribution is -2.44. The number of nitrogens with zero attached hydrogens (tertiary/aromatic N) is 3. The fourth-order valence-corrected chi connectivity index (χ4v) is 3.21. The van der Waals surface area contributed by atoms with Gasteiger partial charge in [-0.2, -0.15) is 0 Å². The fourth-order valence-electron chi connectivity index (χ4n) is 3.21. The van der Waals surface area contributed by atoms with Gasteiger partial charge >= 0.3 is 0 Å². The molecule has 0 aromatic heterocycles. The molecule has 1 aromatic carbocycles. The molecule has 23 heavy (non-hydrogen) atoms. The Bertz CT molecular complexity index is 553. The minimum absolute atomic E-state index is 0.106. The third-order valence-corrected chi connectivity index (χ3v) is 4.86. The fraction of sp³-hybridized carbons (Fsp3) is 0.611. The van der Waals surface area contributed by atoms with Crippen molar-refractivity contribution in [3.8, 4) is 5.75 Å². The Morgan fingerprint density at radius 1 is 1.09 bits per heavy atom. The summed E-state index contributed by atoms with van der Waals surface area (Å²) >= 11 is 0. The van der Waals surface area contributed by atoms with Crippen LogP contribution in [0.1, 0.15) is 22.3 Å². The van der Waals surface area contributed by atoms with Crippen molar-refractivity contribution in [3.05, 3.63) is 29.3 Å². The van der Waals surface area contributed by atoms with Crippen molar-refractivity contribution in [2.45, 2.75) is 12.8 Å². The topological polar surface area (TPSA) is 36.0 Å². The van der Waals surface area contributed by atoms with Gasteiger partial charge in [0.2, 0.25) is 0 Å². The van der Waals surface area contributed by atoms with Gasteiger partial charge in [-0.3, -0.25) is 4.79 Å². The molecule has 0 atom stereocenters. The van der Waals surface area contributed by atoms with Gasteiger partial charge in [0.25, 0.3) is 5.91 Å². The van der Waals surface area contributed by atoms with Gasteiger partial charge in [-0.1, -0.05) is 6.07 Å². The Balaban J connectivity index is 1.47. The van der Waals surface area contributed by atoms with Crippen LogP contribution in [0.4, 0.5) is 0 Å². The number of carbonyl (C=O) groups excluding carboxylic acids is 1. The second kappa shape index (κ2) is 7.32. The van der Waals surface area contributed by atoms with E-state index >= 15 is 0 Å². The van der Waals surface area contributed by atoms with Gasteiger partial charge in [0, 0.05) is 51.9 Å². The highest BCUT2D eigenvalue weighted by atomic mass is 16.5. The van der Waals surface area contributed by atoms with Gasteiger partial charge < -0.3 is 19.4 Å². The van der Waals surface area contributed by atoms with E-state index in [1.807, 2.05) is 25.2 Å². The number of hydrogen-bond acceptors (Lipinski definition) is 4. The maximum Gasteiger partial charge on any atom is 0.254 e. The molecule has 0 saturated carbocycles. The Morgan fingerprint density at radius 2 is 1.87 bits per heavy atom. The van der Waals surface area contributed by atoms with Gasteiger partial charge in [0.1, 0.15) is 5.75 Å². The molecule has 5 nitrogen and oxygen atoms in total. The van der Waals surface area contributed by atoms with Gasteiger partial charge in [0.05, 0.1) is 6.61 Å². The van der Waals surface area contributed by atoms with Gasteiger partial charge in [-0.25, -0.2) is 0 Å². The number of benzene rings is 1. The molecule has 1 saturated heterocycles. The second-order valence-electron chi connectivity index (χ2n) is 6.64. The maximum absolute atomic E-state index is 12.2. The normalized spacial score (nSPS) is 19.7. The summed E-state index contributed by atoms with van der Waals surface area (Å²) in [7, 11) is 4.03. The maximum atomic E-state index is 12.2. The highest BCUT2D eigenvalue weighted by Crippen LogP contribution is 2.23. The van der Waals surface area contributed by atoms with Gasteiger partial charge in [-0.15, -0.1) is 0 Å². The summed E-state index contributed by atoms with van der Waals surface area (Å²) in [5.74, 6) is 0.917. The van der Waals surface area contributed by atoms with E-state index < -0.39 is 0 Å². The minimum Gasteiger partial charge on any atom is -0.494 e. The van der Waals surface area contributed by atoms with Crippen LogP contribution < -0.4 is 4.74 Å². The van der Waals surface area contributed by atoms with Crippen LogP contribution in [0.3, 0.4) is 0 Å². The first kappa shape index (κ1) is 16.3. The zero-order valence-corrected chi connectivity index (χ0v) is 14.3. The molecule has 126 valence electrons. The standard InChI is InChI=1S/C18H27N3O2/c1-19-9-11-21(12-10-19)7-3-13-23-16-5-4-15-6-8-20(2)18(22)17(15)14-16/h4-5,14H,3,6-13H2,1-2H3. The van der Waals surface area contributed by atoms with E-state index in [-0.39, 0.29) is 5.91 Å². The summed E-state index contributed by atoms with van der Waals surface area (Å²) in [6.07, 6.45) is 1.95. The Kier molecular flexibility index (Phi) is 5.18. The lowest BCUT2D eigenvalue weighted by atomic mass is 9.99. The van der Waals surface area contributed by atoms with E-state index in [4.69, 9.17) is 4.74 Å². The van der Waals surface area contributed by atoms with E-state index in [1.54, 1.807) is 4.90 Å². The van der Waals surface area contributed by atoms with Crippen LogP contribution in [0.2, 0.25) is 0 Å². The molecule has 2 heterocycles. The van der Waals surface area contributed by atoms with Crippen LogP contribution in [0.15, 0.2) is 18.2 Å². The van der Waals surface area contributed by atoms with Crippen LogP contribution in [-0.4, -0.2) is 80.6 Å². The summed E-state index contributed by atoms with van der Waals surface area (Å²) in [6.45, 7) is 7.20. The SMILES string of the molecule is CN1CCN(CCCOc2ccc3c(c2)C(=O)N(C)CC3)CC1. The summed E-state index contributed by atoms with van der Waals surface area (Å²) in [5.41, 5.74) is 1.94. The third-order valence-electron chi connectivity index (χ3n) is 4.86. The summed E-state index contributed by atoms with van der Waals surface area (Å²) in [5, 5.41) is 0. The molecular formula is C18H27N3O2. The van der Waals surface area contributed by atoms with Crippen molar-refractivity contribution < 1.29 is 9.53 Å². The molecule has 0 aliphatic carbocycles. The number of likely N-dealkylation sites (N-methyl/N-ethyl adjacent to an activating group) is 2. The Morgan fingerprint density at radius 3 is 2.65 bits per heavy atom. The smallest absolute Gasteiger partial charge is 0.254 e. The predicted octanol–water partition coefficient (Wildman–Crippen LogP) is 1.33. The molecule has 1 aromatic rings. The average molecular weight is 317 g/mol. The van der Waals surface area contributed by atoms with Crippen molar-refractivity contribution in [2.75, 3.05) is 60.0 Å². The molecule has 0 unspecified atom stereocenters. The number of amides is 1. The first-order valence-corrected chi connectivity index (χ1v) is 8.55. The number of piperazine rings is 1. The summed E-state index contributed by atoms with van der Waals surface area (Å²) < 4.78 is 5.86. The summed E-state index contributed by atoms with van der Waals surface area (Å²) in [6, 6.07) is 5.94. The third kappa shape index (κ3) is 4.03. The zero-order valence-electron chi connectivity index (χ0n) is 14.3. The van der Waals surface area contributed by atoms with Crippen molar-refractivity contribution in [1.29, 1.82) is 0 Å². The summed E-state index contributed by atoms with van der Waals surface area (Å²) in [4.78, 5) is 18.8. The van der Waals surface area contributed by atoms with Crippen LogP contribution in [-0.2, 0) is 6.42 Å². The molecule has 0 bridgehead atoms. The molecule has 2 aliphatic rings. The van der Waals surface area contributed by atoms with Crippen molar-refractivity contribution in [1.82, 2.24) is 14.7 Å². The molecule has 0 radical (unpaired) electrons. The van der Waals surface area contributed by atoms with E-state index in [0.717, 1.165) is 69.0 Å². The molecule has 1 fully saturated rings. The van der Waals surface area contributed by atoms with Gasteiger partial charge in [-0.05, 0) is 37.6 Å². The molecule has 0 N–H and O–H groups in total. The lowest BCUT2D eigenvalue weighted by Gasteiger charge is -2.32. The number of rotatable bonds is 5. The number of ether oxygens (including phenoxy) is 1. The zero-order chi connectivity index (χ0) is 16.2. The van der Waals surface area contributed by atoms with E-state index in [1.165, 1.54) is 0 Å². The molecule has 1 amide bonds. The minimum atomic E-state index is 0.106. The number of carbonyl (C=O) groups is 1. The van der Waals surface area contributed by atoms with Crippen molar-refractivity contribution in [3.63, 3.8) is 0 Å². The average Bonchev–Trinajstić information content (AvgIpc) is 2.57. The van der Waals surface area contributed by atoms with E-state index in [9.17, 15) is 4.79 Å². The Hall–Kier alpha value is -1.59.